The van der Waals surface area contributed by atoms with E-state index in [0.29, 0.717) is 11.3 Å². The third kappa shape index (κ3) is 2.09. The number of para-hydroxylation sites is 1. The number of rotatable bonds is 0. The lowest BCUT2D eigenvalue weighted by atomic mass is 9.71. The Morgan fingerprint density at radius 3 is 2.68 bits per heavy atom. The zero-order chi connectivity index (χ0) is 13.6. The van der Waals surface area contributed by atoms with Crippen molar-refractivity contribution in [2.24, 2.45) is 11.3 Å². The van der Waals surface area contributed by atoms with Crippen LogP contribution in [0.25, 0.3) is 10.9 Å². The van der Waals surface area contributed by atoms with E-state index >= 15 is 0 Å². The van der Waals surface area contributed by atoms with E-state index in [9.17, 15) is 0 Å². The average molecular weight is 254 g/mol. The minimum atomic E-state index is 0.343. The van der Waals surface area contributed by atoms with E-state index in [2.05, 4.69) is 32.9 Å². The highest BCUT2D eigenvalue weighted by Gasteiger charge is 2.30. The number of hydrogen-bond donors (Lipinski definition) is 1. The Balaban J connectivity index is 2.12. The molecule has 1 aromatic carbocycles. The summed E-state index contributed by atoms with van der Waals surface area (Å²) in [6.07, 6.45) is 3.36. The summed E-state index contributed by atoms with van der Waals surface area (Å²) in [4.78, 5) is 4.81. The van der Waals surface area contributed by atoms with Crippen molar-refractivity contribution in [2.75, 3.05) is 5.73 Å². The summed E-state index contributed by atoms with van der Waals surface area (Å²) >= 11 is 0. The van der Waals surface area contributed by atoms with Crippen LogP contribution in [0.3, 0.4) is 0 Å². The van der Waals surface area contributed by atoms with E-state index < -0.39 is 0 Å². The molecule has 2 nitrogen and oxygen atoms in total. The Kier molecular flexibility index (Phi) is 2.77. The normalized spacial score (nSPS) is 19.4. The van der Waals surface area contributed by atoms with Gasteiger partial charge in [0.2, 0.25) is 0 Å². The molecule has 2 heteroatoms. The summed E-state index contributed by atoms with van der Waals surface area (Å²) < 4.78 is 0. The number of hydrogen-bond acceptors (Lipinski definition) is 2. The van der Waals surface area contributed by atoms with E-state index in [-0.39, 0.29) is 0 Å². The molecule has 0 saturated carbocycles. The molecule has 0 amide bonds. The SMILES string of the molecule is CC(C)(C)[C@H]1CCc2nc3ccccc3c(N)c2C1. The maximum Gasteiger partial charge on any atom is 0.0726 e. The van der Waals surface area contributed by atoms with Crippen LogP contribution in [-0.4, -0.2) is 4.98 Å². The third-order valence-corrected chi connectivity index (χ3v) is 4.53. The molecule has 2 N–H and O–H groups in total. The summed E-state index contributed by atoms with van der Waals surface area (Å²) in [7, 11) is 0. The summed E-state index contributed by atoms with van der Waals surface area (Å²) in [5.41, 5.74) is 11.3. The smallest absolute Gasteiger partial charge is 0.0726 e. The van der Waals surface area contributed by atoms with Crippen molar-refractivity contribution in [3.05, 3.63) is 35.5 Å². The summed E-state index contributed by atoms with van der Waals surface area (Å²) in [6.45, 7) is 6.98. The lowest BCUT2D eigenvalue weighted by molar-refractivity contribution is 0.215. The van der Waals surface area contributed by atoms with Gasteiger partial charge in [0.1, 0.15) is 0 Å². The largest absolute Gasteiger partial charge is 0.398 e. The highest BCUT2D eigenvalue weighted by Crippen LogP contribution is 2.40. The summed E-state index contributed by atoms with van der Waals surface area (Å²) in [6, 6.07) is 8.21. The van der Waals surface area contributed by atoms with E-state index in [4.69, 9.17) is 10.7 Å². The molecule has 0 spiro atoms. The van der Waals surface area contributed by atoms with Gasteiger partial charge in [0.05, 0.1) is 5.52 Å². The Hall–Kier alpha value is -1.57. The van der Waals surface area contributed by atoms with Gasteiger partial charge in [-0.15, -0.1) is 0 Å². The first-order valence-corrected chi connectivity index (χ1v) is 7.13. The van der Waals surface area contributed by atoms with Crippen LogP contribution in [0.4, 0.5) is 5.69 Å². The Morgan fingerprint density at radius 1 is 1.21 bits per heavy atom. The van der Waals surface area contributed by atoms with Gasteiger partial charge in [-0.25, -0.2) is 0 Å². The number of aromatic nitrogens is 1. The van der Waals surface area contributed by atoms with Gasteiger partial charge in [0.15, 0.2) is 0 Å². The number of anilines is 1. The Morgan fingerprint density at radius 2 is 1.95 bits per heavy atom. The second-order valence-corrected chi connectivity index (χ2v) is 6.77. The molecule has 1 aliphatic rings. The maximum absolute atomic E-state index is 6.41. The first kappa shape index (κ1) is 12.5. The lowest BCUT2D eigenvalue weighted by Gasteiger charge is -2.35. The van der Waals surface area contributed by atoms with Gasteiger partial charge in [-0.3, -0.25) is 4.98 Å². The molecule has 0 bridgehead atoms. The number of fused-ring (bicyclic) bond motifs is 2. The minimum Gasteiger partial charge on any atom is -0.398 e. The minimum absolute atomic E-state index is 0.343. The van der Waals surface area contributed by atoms with Gasteiger partial charge in [-0.05, 0) is 42.2 Å². The van der Waals surface area contributed by atoms with E-state index in [0.717, 1.165) is 29.4 Å². The molecular formula is C17H22N2. The second kappa shape index (κ2) is 4.22. The molecule has 0 radical (unpaired) electrons. The fraction of sp³-hybridized carbons (Fsp3) is 0.471. The van der Waals surface area contributed by atoms with Crippen molar-refractivity contribution in [1.82, 2.24) is 4.98 Å². The van der Waals surface area contributed by atoms with Crippen LogP contribution in [0, 0.1) is 11.3 Å². The van der Waals surface area contributed by atoms with Crippen LogP contribution in [0.1, 0.15) is 38.4 Å². The van der Waals surface area contributed by atoms with Gasteiger partial charge in [-0.2, -0.15) is 0 Å². The molecule has 1 aliphatic carbocycles. The molecule has 100 valence electrons. The lowest BCUT2D eigenvalue weighted by Crippen LogP contribution is -2.28. The quantitative estimate of drug-likeness (QED) is 0.772. The molecule has 1 atom stereocenters. The van der Waals surface area contributed by atoms with Gasteiger partial charge < -0.3 is 5.73 Å². The highest BCUT2D eigenvalue weighted by molar-refractivity contribution is 5.92. The van der Waals surface area contributed by atoms with Crippen LogP contribution < -0.4 is 5.73 Å². The number of nitrogens with two attached hydrogens (primary N) is 1. The summed E-state index contributed by atoms with van der Waals surface area (Å²) in [5.74, 6) is 0.699. The molecule has 2 aromatic rings. The fourth-order valence-corrected chi connectivity index (χ4v) is 3.16. The first-order valence-electron chi connectivity index (χ1n) is 7.13. The fourth-order valence-electron chi connectivity index (χ4n) is 3.16. The third-order valence-electron chi connectivity index (χ3n) is 4.53. The van der Waals surface area contributed by atoms with E-state index in [1.165, 1.54) is 17.7 Å². The van der Waals surface area contributed by atoms with Crippen LogP contribution in [0.15, 0.2) is 24.3 Å². The van der Waals surface area contributed by atoms with E-state index in [1.807, 2.05) is 12.1 Å². The zero-order valence-electron chi connectivity index (χ0n) is 12.0. The molecule has 1 aromatic heterocycles. The summed E-state index contributed by atoms with van der Waals surface area (Å²) in [5, 5.41) is 1.11. The predicted molar refractivity (Wildman–Crippen MR) is 81.1 cm³/mol. The van der Waals surface area contributed by atoms with Crippen molar-refractivity contribution in [1.29, 1.82) is 0 Å². The monoisotopic (exact) mass is 254 g/mol. The number of benzene rings is 1. The maximum atomic E-state index is 6.41. The van der Waals surface area contributed by atoms with E-state index in [1.54, 1.807) is 0 Å². The predicted octanol–water partition coefficient (Wildman–Crippen LogP) is 3.97. The zero-order valence-corrected chi connectivity index (χ0v) is 12.0. The van der Waals surface area contributed by atoms with Gasteiger partial charge in [-0.1, -0.05) is 39.0 Å². The second-order valence-electron chi connectivity index (χ2n) is 6.77. The topological polar surface area (TPSA) is 38.9 Å². The molecule has 1 heterocycles. The van der Waals surface area contributed by atoms with Crippen molar-refractivity contribution in [2.45, 2.75) is 40.0 Å². The molecule has 0 fully saturated rings. The van der Waals surface area contributed by atoms with Gasteiger partial charge >= 0.3 is 0 Å². The molecule has 0 unspecified atom stereocenters. The molecule has 19 heavy (non-hydrogen) atoms. The van der Waals surface area contributed by atoms with Crippen molar-refractivity contribution >= 4 is 16.6 Å². The first-order chi connectivity index (χ1) is 8.97. The Labute approximate surface area is 115 Å². The highest BCUT2D eigenvalue weighted by atomic mass is 14.7. The standard InChI is InChI=1S/C17H22N2/c1-17(2,3)11-8-9-15-13(10-11)16(18)12-6-4-5-7-14(12)19-15/h4-7,11H,8-10H2,1-3H3,(H2,18,19)/t11-/m0/s1. The average Bonchev–Trinajstić information content (AvgIpc) is 2.37. The number of aryl methyl sites for hydroxylation is 1. The molecular weight excluding hydrogens is 232 g/mol. The Bertz CT molecular complexity index is 623. The van der Waals surface area contributed by atoms with Crippen LogP contribution >= 0.6 is 0 Å². The molecule has 0 aliphatic heterocycles. The van der Waals surface area contributed by atoms with Gasteiger partial charge in [0, 0.05) is 16.8 Å². The van der Waals surface area contributed by atoms with Crippen molar-refractivity contribution in [3.63, 3.8) is 0 Å². The number of nitrogens with zero attached hydrogens (tertiary/aromatic N) is 1. The van der Waals surface area contributed by atoms with Crippen molar-refractivity contribution < 1.29 is 0 Å². The number of pyridine rings is 1. The molecule has 0 saturated heterocycles. The molecule has 3 rings (SSSR count). The van der Waals surface area contributed by atoms with Gasteiger partial charge in [0.25, 0.3) is 0 Å². The van der Waals surface area contributed by atoms with Crippen LogP contribution in [0.5, 0.6) is 0 Å². The van der Waals surface area contributed by atoms with Crippen LogP contribution in [-0.2, 0) is 12.8 Å². The van der Waals surface area contributed by atoms with Crippen molar-refractivity contribution in [3.8, 4) is 0 Å². The van der Waals surface area contributed by atoms with Crippen LogP contribution in [0.2, 0.25) is 0 Å². The number of nitrogen functional groups attached to an aromatic ring is 1.